The van der Waals surface area contributed by atoms with Gasteiger partial charge in [-0.15, -0.1) is 0 Å². The van der Waals surface area contributed by atoms with Crippen LogP contribution in [-0.4, -0.2) is 66.5 Å². The summed E-state index contributed by atoms with van der Waals surface area (Å²) in [6, 6.07) is 0.183. The first-order chi connectivity index (χ1) is 10.2. The maximum absolute atomic E-state index is 12.3. The number of nitrogens with zero attached hydrogens (tertiary/aromatic N) is 2. The van der Waals surface area contributed by atoms with Gasteiger partial charge in [-0.25, -0.2) is 4.79 Å². The molecule has 2 saturated heterocycles. The highest BCUT2D eigenvalue weighted by molar-refractivity contribution is 5.84. The average Bonchev–Trinajstić information content (AvgIpc) is 3.20. The molecule has 3 amide bonds. The molecule has 0 spiro atoms. The Morgan fingerprint density at radius 3 is 2.33 bits per heavy atom. The summed E-state index contributed by atoms with van der Waals surface area (Å²) in [4.78, 5) is 28.2. The molecular weight excluding hydrogens is 268 g/mol. The third-order valence-corrected chi connectivity index (χ3v) is 4.56. The Bertz CT molecular complexity index is 423. The van der Waals surface area contributed by atoms with Crippen LogP contribution in [0.15, 0.2) is 12.2 Å². The van der Waals surface area contributed by atoms with Gasteiger partial charge in [0.15, 0.2) is 0 Å². The first-order valence-electron chi connectivity index (χ1n) is 7.98. The summed E-state index contributed by atoms with van der Waals surface area (Å²) in [5, 5.41) is 6.20. The minimum Gasteiger partial charge on any atom is -0.352 e. The zero-order valence-electron chi connectivity index (χ0n) is 12.4. The smallest absolute Gasteiger partial charge is 0.319 e. The zero-order valence-corrected chi connectivity index (χ0v) is 12.4. The molecule has 3 aliphatic heterocycles. The Labute approximate surface area is 125 Å². The lowest BCUT2D eigenvalue weighted by Crippen LogP contribution is -2.52. The van der Waals surface area contributed by atoms with Crippen molar-refractivity contribution in [3.8, 4) is 0 Å². The van der Waals surface area contributed by atoms with E-state index in [4.69, 9.17) is 0 Å². The third-order valence-electron chi connectivity index (χ3n) is 4.56. The van der Waals surface area contributed by atoms with Crippen molar-refractivity contribution in [3.05, 3.63) is 12.2 Å². The number of hydrogen-bond donors (Lipinski definition) is 2. The molecule has 3 aliphatic rings. The first kappa shape index (κ1) is 14.4. The predicted octanol–water partition coefficient (Wildman–Crippen LogP) is 0.311. The first-order valence-corrected chi connectivity index (χ1v) is 7.98. The molecular formula is C15H24N4O2. The summed E-state index contributed by atoms with van der Waals surface area (Å²) >= 11 is 0. The van der Waals surface area contributed by atoms with E-state index in [1.165, 1.54) is 0 Å². The van der Waals surface area contributed by atoms with Crippen LogP contribution in [0.4, 0.5) is 4.79 Å². The number of piperidine rings is 1. The summed E-state index contributed by atoms with van der Waals surface area (Å²) < 4.78 is 0. The van der Waals surface area contributed by atoms with Gasteiger partial charge in [0.1, 0.15) is 6.04 Å². The van der Waals surface area contributed by atoms with E-state index in [2.05, 4.69) is 10.6 Å². The molecule has 2 fully saturated rings. The second-order valence-electron chi connectivity index (χ2n) is 6.06. The number of rotatable bonds is 2. The topological polar surface area (TPSA) is 64.7 Å². The number of hydrogen-bond acceptors (Lipinski definition) is 3. The molecule has 0 saturated carbocycles. The summed E-state index contributed by atoms with van der Waals surface area (Å²) in [7, 11) is 0. The molecule has 116 valence electrons. The van der Waals surface area contributed by atoms with Crippen molar-refractivity contribution >= 4 is 11.9 Å². The van der Waals surface area contributed by atoms with Crippen LogP contribution in [0.3, 0.4) is 0 Å². The number of likely N-dealkylation sites (tertiary alicyclic amines) is 2. The Balaban J connectivity index is 1.43. The largest absolute Gasteiger partial charge is 0.352 e. The molecule has 1 unspecified atom stereocenters. The average molecular weight is 292 g/mol. The summed E-state index contributed by atoms with van der Waals surface area (Å²) in [5.41, 5.74) is 0. The molecule has 0 bridgehead atoms. The number of amides is 3. The van der Waals surface area contributed by atoms with Gasteiger partial charge in [0.25, 0.3) is 0 Å². The highest BCUT2D eigenvalue weighted by Gasteiger charge is 2.29. The van der Waals surface area contributed by atoms with Gasteiger partial charge in [-0.1, -0.05) is 12.2 Å². The maximum atomic E-state index is 12.3. The number of urea groups is 1. The number of carbonyl (C=O) groups excluding carboxylic acids is 2. The van der Waals surface area contributed by atoms with E-state index in [1.54, 1.807) is 0 Å². The van der Waals surface area contributed by atoms with E-state index in [0.717, 1.165) is 58.4 Å². The second-order valence-corrected chi connectivity index (χ2v) is 6.06. The van der Waals surface area contributed by atoms with Gasteiger partial charge in [0.05, 0.1) is 0 Å². The molecule has 2 N–H and O–H groups in total. The van der Waals surface area contributed by atoms with Gasteiger partial charge in [0, 0.05) is 38.8 Å². The van der Waals surface area contributed by atoms with Crippen LogP contribution in [0.1, 0.15) is 25.7 Å². The van der Waals surface area contributed by atoms with Crippen molar-refractivity contribution < 1.29 is 9.59 Å². The Kier molecular flexibility index (Phi) is 4.43. The minimum absolute atomic E-state index is 0.0491. The fourth-order valence-corrected chi connectivity index (χ4v) is 3.26. The summed E-state index contributed by atoms with van der Waals surface area (Å²) in [6.07, 6.45) is 7.83. The molecule has 3 rings (SSSR count). The molecule has 0 aromatic carbocycles. The van der Waals surface area contributed by atoms with Crippen molar-refractivity contribution in [2.75, 3.05) is 32.7 Å². The third kappa shape index (κ3) is 3.37. The lowest BCUT2D eigenvalue weighted by Gasteiger charge is -2.35. The predicted molar refractivity (Wildman–Crippen MR) is 79.9 cm³/mol. The molecule has 0 radical (unpaired) electrons. The van der Waals surface area contributed by atoms with Crippen LogP contribution in [0.25, 0.3) is 0 Å². The van der Waals surface area contributed by atoms with Crippen molar-refractivity contribution in [3.63, 3.8) is 0 Å². The molecule has 6 heteroatoms. The lowest BCUT2D eigenvalue weighted by atomic mass is 10.0. The fraction of sp³-hybridized carbons (Fsp3) is 0.733. The Morgan fingerprint density at radius 2 is 1.71 bits per heavy atom. The SMILES string of the molecule is O=C(NC1CCN(C(=O)N2CCCC2)CC1)C1C=CCN1. The van der Waals surface area contributed by atoms with E-state index in [-0.39, 0.29) is 24.0 Å². The number of nitrogens with one attached hydrogen (secondary N) is 2. The monoisotopic (exact) mass is 292 g/mol. The summed E-state index contributed by atoms with van der Waals surface area (Å²) in [6.45, 7) is 4.05. The summed E-state index contributed by atoms with van der Waals surface area (Å²) in [5.74, 6) is 0.0491. The lowest BCUT2D eigenvalue weighted by molar-refractivity contribution is -0.122. The van der Waals surface area contributed by atoms with Crippen LogP contribution in [0.2, 0.25) is 0 Å². The highest BCUT2D eigenvalue weighted by atomic mass is 16.2. The fourth-order valence-electron chi connectivity index (χ4n) is 3.26. The Morgan fingerprint density at radius 1 is 1.05 bits per heavy atom. The number of carbonyl (C=O) groups is 2. The van der Waals surface area contributed by atoms with Crippen molar-refractivity contribution in [2.24, 2.45) is 0 Å². The van der Waals surface area contributed by atoms with Crippen LogP contribution in [0, 0.1) is 0 Å². The van der Waals surface area contributed by atoms with E-state index in [1.807, 2.05) is 22.0 Å². The van der Waals surface area contributed by atoms with Gasteiger partial charge < -0.3 is 15.1 Å². The Hall–Kier alpha value is -1.56. The van der Waals surface area contributed by atoms with Gasteiger partial charge in [0.2, 0.25) is 5.91 Å². The maximum Gasteiger partial charge on any atom is 0.319 e. The zero-order chi connectivity index (χ0) is 14.7. The van der Waals surface area contributed by atoms with Crippen molar-refractivity contribution in [1.29, 1.82) is 0 Å². The van der Waals surface area contributed by atoms with E-state index in [9.17, 15) is 9.59 Å². The van der Waals surface area contributed by atoms with Crippen molar-refractivity contribution in [2.45, 2.75) is 37.8 Å². The van der Waals surface area contributed by atoms with Crippen LogP contribution < -0.4 is 10.6 Å². The second kappa shape index (κ2) is 6.47. The van der Waals surface area contributed by atoms with Gasteiger partial charge >= 0.3 is 6.03 Å². The van der Waals surface area contributed by atoms with Gasteiger partial charge in [-0.05, 0) is 25.7 Å². The van der Waals surface area contributed by atoms with Gasteiger partial charge in [-0.2, -0.15) is 0 Å². The van der Waals surface area contributed by atoms with Crippen LogP contribution in [-0.2, 0) is 4.79 Å². The quantitative estimate of drug-likeness (QED) is 0.720. The molecule has 3 heterocycles. The van der Waals surface area contributed by atoms with Crippen LogP contribution in [0.5, 0.6) is 0 Å². The van der Waals surface area contributed by atoms with E-state index >= 15 is 0 Å². The molecule has 6 nitrogen and oxygen atoms in total. The molecule has 0 aromatic rings. The minimum atomic E-state index is -0.186. The van der Waals surface area contributed by atoms with E-state index in [0.29, 0.717) is 0 Å². The van der Waals surface area contributed by atoms with Crippen LogP contribution >= 0.6 is 0 Å². The highest BCUT2D eigenvalue weighted by Crippen LogP contribution is 2.16. The van der Waals surface area contributed by atoms with Gasteiger partial charge in [-0.3, -0.25) is 10.1 Å². The van der Waals surface area contributed by atoms with E-state index < -0.39 is 0 Å². The molecule has 0 aromatic heterocycles. The molecule has 21 heavy (non-hydrogen) atoms. The molecule has 1 atom stereocenters. The van der Waals surface area contributed by atoms with Crippen molar-refractivity contribution in [1.82, 2.24) is 20.4 Å². The standard InChI is InChI=1S/C15H24N4O2/c20-14(13-4-3-7-16-13)17-12-5-10-19(11-6-12)15(21)18-8-1-2-9-18/h3-4,12-13,16H,1-2,5-11H2,(H,17,20). The molecule has 0 aliphatic carbocycles. The normalized spacial score (nSPS) is 26.4.